The van der Waals surface area contributed by atoms with Crippen LogP contribution in [0.15, 0.2) is 12.4 Å². The molecule has 0 spiro atoms. The lowest BCUT2D eigenvalue weighted by molar-refractivity contribution is -0.144. The Kier molecular flexibility index (Phi) is 5.49. The maximum absolute atomic E-state index is 13.4. The van der Waals surface area contributed by atoms with E-state index in [1.165, 1.54) is 0 Å². The molecule has 0 aromatic carbocycles. The van der Waals surface area contributed by atoms with Crippen molar-refractivity contribution in [2.24, 2.45) is 11.8 Å². The van der Waals surface area contributed by atoms with Crippen molar-refractivity contribution in [3.63, 3.8) is 0 Å². The topological polar surface area (TPSA) is 67.6 Å². The van der Waals surface area contributed by atoms with E-state index in [4.69, 9.17) is 4.74 Å². The van der Waals surface area contributed by atoms with Crippen molar-refractivity contribution in [2.75, 3.05) is 19.8 Å². The average Bonchev–Trinajstić information content (AvgIpc) is 3.31. The Balaban J connectivity index is 1.83. The fourth-order valence-corrected chi connectivity index (χ4v) is 4.63. The van der Waals surface area contributed by atoms with E-state index in [0.29, 0.717) is 12.5 Å². The summed E-state index contributed by atoms with van der Waals surface area (Å²) < 4.78 is 7.97. The molecule has 1 unspecified atom stereocenters. The van der Waals surface area contributed by atoms with Gasteiger partial charge in [-0.2, -0.15) is 0 Å². The van der Waals surface area contributed by atoms with Crippen LogP contribution in [0.3, 0.4) is 0 Å². The number of hydrogen-bond donors (Lipinski definition) is 1. The number of aliphatic hydroxyl groups is 1. The molecule has 0 saturated carbocycles. The number of ether oxygens (including phenoxy) is 1. The highest BCUT2D eigenvalue weighted by Gasteiger charge is 2.48. The van der Waals surface area contributed by atoms with Crippen LogP contribution < -0.4 is 0 Å². The first kappa shape index (κ1) is 18.4. The smallest absolute Gasteiger partial charge is 0.229 e. The molecule has 0 bridgehead atoms. The zero-order chi connectivity index (χ0) is 18.0. The Labute approximate surface area is 150 Å². The summed E-state index contributed by atoms with van der Waals surface area (Å²) in [6.07, 6.45) is 6.84. The van der Waals surface area contributed by atoms with E-state index in [-0.39, 0.29) is 24.5 Å². The van der Waals surface area contributed by atoms with Crippen LogP contribution in [0.1, 0.15) is 58.4 Å². The predicted octanol–water partition coefficient (Wildman–Crippen LogP) is 2.38. The van der Waals surface area contributed by atoms with Crippen molar-refractivity contribution >= 4 is 5.91 Å². The van der Waals surface area contributed by atoms with Gasteiger partial charge in [0.1, 0.15) is 11.9 Å². The second kappa shape index (κ2) is 7.46. The summed E-state index contributed by atoms with van der Waals surface area (Å²) in [5.41, 5.74) is -0.404. The number of rotatable bonds is 6. The van der Waals surface area contributed by atoms with E-state index in [0.717, 1.165) is 44.6 Å². The number of nitrogens with zero attached hydrogens (tertiary/aromatic N) is 3. The lowest BCUT2D eigenvalue weighted by Crippen LogP contribution is -2.53. The summed E-state index contributed by atoms with van der Waals surface area (Å²) in [5.74, 6) is 1.20. The van der Waals surface area contributed by atoms with E-state index in [1.807, 2.05) is 15.7 Å². The van der Waals surface area contributed by atoms with Crippen LogP contribution >= 0.6 is 0 Å². The van der Waals surface area contributed by atoms with E-state index < -0.39 is 5.54 Å². The SMILES string of the molecule is CCn1ccnc1[C@@H]1OCC[C@H]1C(=O)N1CCCC1(CO)CC(C)C. The lowest BCUT2D eigenvalue weighted by atomic mass is 9.86. The largest absolute Gasteiger partial charge is 0.394 e. The van der Waals surface area contributed by atoms with Crippen LogP contribution in [0.4, 0.5) is 0 Å². The molecule has 2 fully saturated rings. The molecule has 6 heteroatoms. The molecule has 6 nitrogen and oxygen atoms in total. The number of aromatic nitrogens is 2. The second-order valence-electron chi connectivity index (χ2n) is 7.83. The monoisotopic (exact) mass is 349 g/mol. The van der Waals surface area contributed by atoms with Gasteiger partial charge in [-0.3, -0.25) is 4.79 Å². The van der Waals surface area contributed by atoms with E-state index >= 15 is 0 Å². The number of hydrogen-bond acceptors (Lipinski definition) is 4. The Hall–Kier alpha value is -1.40. The van der Waals surface area contributed by atoms with Crippen LogP contribution in [0, 0.1) is 11.8 Å². The highest BCUT2D eigenvalue weighted by atomic mass is 16.5. The van der Waals surface area contributed by atoms with Gasteiger partial charge in [0.2, 0.25) is 5.91 Å². The van der Waals surface area contributed by atoms with E-state index in [1.54, 1.807) is 6.20 Å². The minimum Gasteiger partial charge on any atom is -0.394 e. The Morgan fingerprint density at radius 2 is 2.32 bits per heavy atom. The Morgan fingerprint density at radius 1 is 1.52 bits per heavy atom. The molecule has 1 N–H and O–H groups in total. The van der Waals surface area contributed by atoms with Gasteiger partial charge in [0.15, 0.2) is 0 Å². The molecular formula is C19H31N3O3. The summed E-state index contributed by atoms with van der Waals surface area (Å²) in [5, 5.41) is 10.1. The van der Waals surface area contributed by atoms with Crippen LogP contribution in [0.2, 0.25) is 0 Å². The number of imidazole rings is 1. The van der Waals surface area contributed by atoms with Crippen LogP contribution in [0.5, 0.6) is 0 Å². The third kappa shape index (κ3) is 3.34. The molecule has 1 aromatic heterocycles. The standard InChI is InChI=1S/C19H31N3O3/c1-4-21-10-8-20-17(21)16-15(6-11-25-16)18(24)22-9-5-7-19(22,13-23)12-14(2)3/h8,10,14-16,23H,4-7,9,11-13H2,1-3H3/t15-,16-,19?/m1/s1. The highest BCUT2D eigenvalue weighted by molar-refractivity contribution is 5.81. The van der Waals surface area contributed by atoms with Crippen molar-refractivity contribution in [2.45, 2.75) is 64.6 Å². The first-order chi connectivity index (χ1) is 12.0. The summed E-state index contributed by atoms with van der Waals surface area (Å²) in [6.45, 7) is 8.54. The molecule has 1 aromatic rings. The number of aliphatic hydroxyl groups excluding tert-OH is 1. The lowest BCUT2D eigenvalue weighted by Gasteiger charge is -2.40. The normalized spacial score (nSPS) is 29.7. The maximum Gasteiger partial charge on any atom is 0.229 e. The molecule has 2 saturated heterocycles. The number of likely N-dealkylation sites (tertiary alicyclic amines) is 1. The van der Waals surface area contributed by atoms with Gasteiger partial charge >= 0.3 is 0 Å². The average molecular weight is 349 g/mol. The predicted molar refractivity (Wildman–Crippen MR) is 94.9 cm³/mol. The third-order valence-electron chi connectivity index (χ3n) is 5.70. The molecule has 1 amide bonds. The third-order valence-corrected chi connectivity index (χ3v) is 5.70. The minimum atomic E-state index is -0.404. The molecule has 0 radical (unpaired) electrons. The zero-order valence-electron chi connectivity index (χ0n) is 15.6. The fourth-order valence-electron chi connectivity index (χ4n) is 4.63. The van der Waals surface area contributed by atoms with Gasteiger partial charge in [-0.05, 0) is 38.5 Å². The van der Waals surface area contributed by atoms with Gasteiger partial charge < -0.3 is 19.3 Å². The van der Waals surface area contributed by atoms with Crippen LogP contribution in [-0.4, -0.2) is 50.8 Å². The van der Waals surface area contributed by atoms with Crippen molar-refractivity contribution in [3.8, 4) is 0 Å². The van der Waals surface area contributed by atoms with Crippen molar-refractivity contribution in [1.29, 1.82) is 0 Å². The zero-order valence-corrected chi connectivity index (χ0v) is 15.6. The Bertz CT molecular complexity index is 600. The van der Waals surface area contributed by atoms with Gasteiger partial charge in [0, 0.05) is 32.1 Å². The van der Waals surface area contributed by atoms with E-state index in [9.17, 15) is 9.90 Å². The van der Waals surface area contributed by atoms with Crippen molar-refractivity contribution in [1.82, 2.24) is 14.5 Å². The van der Waals surface area contributed by atoms with Crippen molar-refractivity contribution < 1.29 is 14.6 Å². The van der Waals surface area contributed by atoms with Crippen LogP contribution in [0.25, 0.3) is 0 Å². The van der Waals surface area contributed by atoms with Gasteiger partial charge in [-0.1, -0.05) is 13.8 Å². The van der Waals surface area contributed by atoms with Gasteiger partial charge in [-0.15, -0.1) is 0 Å². The summed E-state index contributed by atoms with van der Waals surface area (Å²) in [6, 6.07) is 0. The number of carbonyl (C=O) groups is 1. The highest BCUT2D eigenvalue weighted by Crippen LogP contribution is 2.41. The molecule has 0 aliphatic carbocycles. The van der Waals surface area contributed by atoms with Crippen molar-refractivity contribution in [3.05, 3.63) is 18.2 Å². The molecular weight excluding hydrogens is 318 g/mol. The van der Waals surface area contributed by atoms with Crippen LogP contribution in [-0.2, 0) is 16.1 Å². The number of carbonyl (C=O) groups excluding carboxylic acids is 1. The second-order valence-corrected chi connectivity index (χ2v) is 7.83. The Morgan fingerprint density at radius 3 is 3.00 bits per heavy atom. The molecule has 3 heterocycles. The number of amides is 1. The maximum atomic E-state index is 13.4. The van der Waals surface area contributed by atoms with Gasteiger partial charge in [-0.25, -0.2) is 4.98 Å². The molecule has 3 rings (SSSR count). The van der Waals surface area contributed by atoms with Gasteiger partial charge in [0.25, 0.3) is 0 Å². The summed E-state index contributed by atoms with van der Waals surface area (Å²) in [4.78, 5) is 19.8. The quantitative estimate of drug-likeness (QED) is 0.856. The number of aryl methyl sites for hydroxylation is 1. The first-order valence-electron chi connectivity index (χ1n) is 9.57. The molecule has 2 aliphatic heterocycles. The first-order valence-corrected chi connectivity index (χ1v) is 9.57. The molecule has 3 atom stereocenters. The minimum absolute atomic E-state index is 0.0404. The molecule has 25 heavy (non-hydrogen) atoms. The summed E-state index contributed by atoms with van der Waals surface area (Å²) >= 11 is 0. The fraction of sp³-hybridized carbons (Fsp3) is 0.789. The molecule has 140 valence electrons. The van der Waals surface area contributed by atoms with E-state index in [2.05, 4.69) is 25.8 Å². The molecule has 2 aliphatic rings. The van der Waals surface area contributed by atoms with Gasteiger partial charge in [0.05, 0.1) is 18.1 Å². The summed E-state index contributed by atoms with van der Waals surface area (Å²) in [7, 11) is 0.